The number of rotatable bonds is 4. The maximum atomic E-state index is 5.38. The Labute approximate surface area is 125 Å². The summed E-state index contributed by atoms with van der Waals surface area (Å²) in [5.41, 5.74) is 2.55. The van der Waals surface area contributed by atoms with Crippen LogP contribution in [0.25, 0.3) is 11.1 Å². The summed E-state index contributed by atoms with van der Waals surface area (Å²) >= 11 is 5.38. The summed E-state index contributed by atoms with van der Waals surface area (Å²) in [5.74, 6) is 0.827. The fourth-order valence-electron chi connectivity index (χ4n) is 1.61. The van der Waals surface area contributed by atoms with E-state index in [4.69, 9.17) is 11.6 Å². The highest BCUT2D eigenvalue weighted by Gasteiger charge is 1.91. The fraction of sp³-hybridized carbons (Fsp3) is 0.294. The van der Waals surface area contributed by atoms with Crippen LogP contribution in [0.5, 0.6) is 0 Å². The Morgan fingerprint density at radius 2 is 1.16 bits per heavy atom. The highest BCUT2D eigenvalue weighted by atomic mass is 35.5. The van der Waals surface area contributed by atoms with Gasteiger partial charge in [-0.2, -0.15) is 9.90 Å². The second-order valence-electron chi connectivity index (χ2n) is 4.13. The first-order chi connectivity index (χ1) is 8.88. The zero-order chi connectivity index (χ0) is 13.1. The van der Waals surface area contributed by atoms with Gasteiger partial charge in [0.1, 0.15) is 0 Å². The second kappa shape index (κ2) is 12.2. The van der Waals surface area contributed by atoms with Gasteiger partial charge in [0.05, 0.1) is 0 Å². The molecule has 0 radical (unpaired) electrons. The zero-order valence-electron chi connectivity index (χ0n) is 11.7. The Morgan fingerprint density at radius 1 is 0.737 bits per heavy atom. The molecular weight excluding hydrogens is 271 g/mol. The van der Waals surface area contributed by atoms with E-state index in [9.17, 15) is 0 Å². The van der Waals surface area contributed by atoms with E-state index in [0.29, 0.717) is 0 Å². The van der Waals surface area contributed by atoms with Crippen LogP contribution in [0.15, 0.2) is 60.7 Å². The molecule has 0 nitrogen and oxygen atoms in total. The van der Waals surface area contributed by atoms with Crippen LogP contribution < -0.4 is 0 Å². The van der Waals surface area contributed by atoms with E-state index in [1.54, 1.807) is 0 Å². The molecule has 0 aliphatic rings. The molecule has 0 aliphatic heterocycles. The molecule has 1 unspecified atom stereocenters. The lowest BCUT2D eigenvalue weighted by Gasteiger charge is -1.98. The van der Waals surface area contributed by atoms with Crippen LogP contribution >= 0.6 is 21.5 Å². The summed E-state index contributed by atoms with van der Waals surface area (Å²) in [6.07, 6.45) is 3.73. The highest BCUT2D eigenvalue weighted by Crippen LogP contribution is 2.17. The van der Waals surface area contributed by atoms with E-state index >= 15 is 0 Å². The van der Waals surface area contributed by atoms with Crippen molar-refractivity contribution in [3.63, 3.8) is 0 Å². The summed E-state index contributed by atoms with van der Waals surface area (Å²) < 4.78 is 0. The molecule has 2 aromatic rings. The number of alkyl halides is 1. The zero-order valence-corrected chi connectivity index (χ0v) is 13.9. The largest absolute Gasteiger partial charge is 0.153 e. The van der Waals surface area contributed by atoms with Crippen molar-refractivity contribution in [2.75, 3.05) is 5.88 Å². The number of halogens is 1. The van der Waals surface area contributed by atoms with Gasteiger partial charge in [0.15, 0.2) is 0 Å². The molecule has 0 fully saturated rings. The van der Waals surface area contributed by atoms with Crippen molar-refractivity contribution in [2.24, 2.45) is 0 Å². The number of hydrogen-bond donors (Lipinski definition) is 0. The maximum absolute atomic E-state index is 5.38. The van der Waals surface area contributed by atoms with Crippen LogP contribution in [0.1, 0.15) is 26.2 Å². The third kappa shape index (κ3) is 8.03. The van der Waals surface area contributed by atoms with Crippen LogP contribution in [0.3, 0.4) is 0 Å². The van der Waals surface area contributed by atoms with Crippen LogP contribution in [0.4, 0.5) is 0 Å². The molecule has 2 heteroatoms. The number of hydrogen-bond acceptors (Lipinski definition) is 0. The normalized spacial score (nSPS) is 8.95. The average molecular weight is 295 g/mol. The van der Waals surface area contributed by atoms with E-state index in [-0.39, 0.29) is 9.90 Å². The summed E-state index contributed by atoms with van der Waals surface area (Å²) in [4.78, 5) is 0. The van der Waals surface area contributed by atoms with E-state index in [1.807, 2.05) is 12.1 Å². The summed E-state index contributed by atoms with van der Waals surface area (Å²) in [7, 11) is 0. The average Bonchev–Trinajstić information content (AvgIpc) is 2.48. The minimum Gasteiger partial charge on any atom is -0.153 e. The third-order valence-corrected chi connectivity index (χ3v) is 2.89. The summed E-state index contributed by atoms with van der Waals surface area (Å²) in [5, 5.41) is 0. The molecule has 1 atom stereocenters. The number of unbranched alkanes of at least 4 members (excludes halogenated alkanes) is 2. The van der Waals surface area contributed by atoms with Crippen LogP contribution in [-0.4, -0.2) is 5.88 Å². The molecule has 2 rings (SSSR count). The Hall–Kier alpha value is -0.840. The molecule has 0 aliphatic carbocycles. The molecule has 0 heterocycles. The lowest BCUT2D eigenvalue weighted by molar-refractivity contribution is 0.776. The van der Waals surface area contributed by atoms with Crippen LogP contribution in [-0.2, 0) is 0 Å². The fourth-order valence-corrected chi connectivity index (χ4v) is 1.79. The van der Waals surface area contributed by atoms with Gasteiger partial charge < -0.3 is 0 Å². The molecule has 0 saturated carbocycles. The molecule has 0 aromatic heterocycles. The van der Waals surface area contributed by atoms with Gasteiger partial charge in [-0.25, -0.2) is 0 Å². The Morgan fingerprint density at radius 3 is 1.42 bits per heavy atom. The molecule has 0 spiro atoms. The van der Waals surface area contributed by atoms with Gasteiger partial charge in [0.25, 0.3) is 0 Å². The predicted molar refractivity (Wildman–Crippen MR) is 93.2 cm³/mol. The quantitative estimate of drug-likeness (QED) is 0.378. The predicted octanol–water partition coefficient (Wildman–Crippen LogP) is 5.83. The molecule has 0 N–H and O–H groups in total. The smallest absolute Gasteiger partial charge is 0.0223 e. The van der Waals surface area contributed by atoms with Gasteiger partial charge in [-0.3, -0.25) is 0 Å². The van der Waals surface area contributed by atoms with Crippen molar-refractivity contribution in [3.8, 4) is 11.1 Å². The second-order valence-corrected chi connectivity index (χ2v) is 4.51. The van der Waals surface area contributed by atoms with Crippen LogP contribution in [0.2, 0.25) is 0 Å². The monoisotopic (exact) mass is 294 g/mol. The Kier molecular flexibility index (Phi) is 11.7. The van der Waals surface area contributed by atoms with Gasteiger partial charge in [0, 0.05) is 5.88 Å². The first kappa shape index (κ1) is 18.2. The van der Waals surface area contributed by atoms with Gasteiger partial charge in [-0.05, 0) is 17.5 Å². The molecule has 0 amide bonds. The Bertz CT molecular complexity index is 359. The van der Waals surface area contributed by atoms with Crippen molar-refractivity contribution in [1.29, 1.82) is 0 Å². The first-order valence-electron chi connectivity index (χ1n) is 6.55. The molecule has 2 aromatic carbocycles. The SMILES string of the molecule is CCCCCCl.P.c1ccc(-c2ccccc2)cc1. The first-order valence-corrected chi connectivity index (χ1v) is 7.08. The Balaban J connectivity index is 0.000000404. The molecular formula is C17H24ClP. The van der Waals surface area contributed by atoms with Gasteiger partial charge in [0.2, 0.25) is 0 Å². The number of benzene rings is 2. The van der Waals surface area contributed by atoms with Crippen molar-refractivity contribution in [2.45, 2.75) is 26.2 Å². The van der Waals surface area contributed by atoms with Gasteiger partial charge in [-0.1, -0.05) is 80.4 Å². The molecule has 104 valence electrons. The molecule has 0 bridgehead atoms. The third-order valence-electron chi connectivity index (χ3n) is 2.62. The summed E-state index contributed by atoms with van der Waals surface area (Å²) in [6, 6.07) is 20.8. The lowest BCUT2D eigenvalue weighted by atomic mass is 10.1. The van der Waals surface area contributed by atoms with Crippen LogP contribution in [0, 0.1) is 0 Å². The minimum atomic E-state index is 0. The van der Waals surface area contributed by atoms with E-state index < -0.39 is 0 Å². The van der Waals surface area contributed by atoms with E-state index in [2.05, 4.69) is 55.5 Å². The van der Waals surface area contributed by atoms with E-state index in [0.717, 1.165) is 5.88 Å². The standard InChI is InChI=1S/C12H10.C5H11Cl.H3P/c1-3-7-11(8-4-1)12-9-5-2-6-10-12;1-2-3-4-5-6;/h1-10H;2-5H2,1H3;1H3. The van der Waals surface area contributed by atoms with Crippen molar-refractivity contribution >= 4 is 21.5 Å². The molecule has 19 heavy (non-hydrogen) atoms. The maximum Gasteiger partial charge on any atom is 0.0223 e. The lowest BCUT2D eigenvalue weighted by Crippen LogP contribution is -1.73. The highest BCUT2D eigenvalue weighted by molar-refractivity contribution is 6.92. The minimum absolute atomic E-state index is 0. The van der Waals surface area contributed by atoms with Crippen molar-refractivity contribution in [1.82, 2.24) is 0 Å². The topological polar surface area (TPSA) is 0 Å². The van der Waals surface area contributed by atoms with Crippen molar-refractivity contribution < 1.29 is 0 Å². The summed E-state index contributed by atoms with van der Waals surface area (Å²) in [6.45, 7) is 2.17. The van der Waals surface area contributed by atoms with E-state index in [1.165, 1.54) is 30.4 Å². The van der Waals surface area contributed by atoms with Crippen molar-refractivity contribution in [3.05, 3.63) is 60.7 Å². The van der Waals surface area contributed by atoms with Gasteiger partial charge >= 0.3 is 0 Å². The van der Waals surface area contributed by atoms with Gasteiger partial charge in [-0.15, -0.1) is 11.6 Å². The molecule has 0 saturated heterocycles.